The first-order valence-electron chi connectivity index (χ1n) is 9.15. The Labute approximate surface area is 154 Å². The standard InChI is InChI=1S/C21H25NO4/c1-4-26-18-12-8-5-9-15(18)13-17-19(21(24)25-3)14(2)22(20(17)23)16-10-6-7-11-16/h5,8-9,12-13,16H,4,6-7,10-11H2,1-3H3. The average Bonchev–Trinajstić information content (AvgIpc) is 3.23. The van der Waals surface area contributed by atoms with Crippen LogP contribution in [0.15, 0.2) is 41.1 Å². The fourth-order valence-corrected chi connectivity index (χ4v) is 3.84. The molecule has 0 spiro atoms. The van der Waals surface area contributed by atoms with Crippen molar-refractivity contribution in [1.82, 2.24) is 4.90 Å². The highest BCUT2D eigenvalue weighted by atomic mass is 16.5. The molecule has 1 fully saturated rings. The summed E-state index contributed by atoms with van der Waals surface area (Å²) in [6.07, 6.45) is 5.92. The average molecular weight is 355 g/mol. The number of esters is 1. The molecule has 1 aliphatic heterocycles. The van der Waals surface area contributed by atoms with Crippen LogP contribution in [-0.2, 0) is 14.3 Å². The summed E-state index contributed by atoms with van der Waals surface area (Å²) in [6.45, 7) is 4.27. The lowest BCUT2D eigenvalue weighted by Crippen LogP contribution is -2.34. The Balaban J connectivity index is 2.07. The maximum atomic E-state index is 13.2. The molecule has 1 aliphatic carbocycles. The summed E-state index contributed by atoms with van der Waals surface area (Å²) in [5.74, 6) is 0.0917. The zero-order valence-corrected chi connectivity index (χ0v) is 15.6. The van der Waals surface area contributed by atoms with Crippen LogP contribution in [0.2, 0.25) is 0 Å². The minimum absolute atomic E-state index is 0.124. The van der Waals surface area contributed by atoms with Gasteiger partial charge >= 0.3 is 5.97 Å². The second-order valence-corrected chi connectivity index (χ2v) is 6.59. The highest BCUT2D eigenvalue weighted by molar-refractivity contribution is 6.16. The van der Waals surface area contributed by atoms with Crippen molar-refractivity contribution in [3.63, 3.8) is 0 Å². The largest absolute Gasteiger partial charge is 0.493 e. The van der Waals surface area contributed by atoms with Crippen LogP contribution in [0.4, 0.5) is 0 Å². The molecule has 1 aromatic carbocycles. The van der Waals surface area contributed by atoms with Crippen molar-refractivity contribution in [2.24, 2.45) is 0 Å². The first kappa shape index (κ1) is 18.2. The van der Waals surface area contributed by atoms with Gasteiger partial charge in [-0.3, -0.25) is 4.79 Å². The van der Waals surface area contributed by atoms with Crippen molar-refractivity contribution in [2.75, 3.05) is 13.7 Å². The molecule has 5 heteroatoms. The van der Waals surface area contributed by atoms with Gasteiger partial charge in [0.05, 0.1) is 24.9 Å². The Hall–Kier alpha value is -2.56. The van der Waals surface area contributed by atoms with Crippen LogP contribution >= 0.6 is 0 Å². The summed E-state index contributed by atoms with van der Waals surface area (Å²) in [6, 6.07) is 7.68. The lowest BCUT2D eigenvalue weighted by molar-refractivity contribution is -0.136. The summed E-state index contributed by atoms with van der Waals surface area (Å²) < 4.78 is 10.6. The van der Waals surface area contributed by atoms with Crippen molar-refractivity contribution < 1.29 is 19.1 Å². The van der Waals surface area contributed by atoms with E-state index in [-0.39, 0.29) is 11.9 Å². The molecule has 0 saturated heterocycles. The Morgan fingerprint density at radius 3 is 2.62 bits per heavy atom. The zero-order valence-electron chi connectivity index (χ0n) is 15.6. The van der Waals surface area contributed by atoms with E-state index in [1.165, 1.54) is 7.11 Å². The van der Waals surface area contributed by atoms with Crippen molar-refractivity contribution in [1.29, 1.82) is 0 Å². The highest BCUT2D eigenvalue weighted by Crippen LogP contribution is 2.38. The monoisotopic (exact) mass is 355 g/mol. The minimum Gasteiger partial charge on any atom is -0.493 e. The molecule has 138 valence electrons. The summed E-state index contributed by atoms with van der Waals surface area (Å²) >= 11 is 0. The fraction of sp³-hybridized carbons (Fsp3) is 0.429. The van der Waals surface area contributed by atoms with Crippen molar-refractivity contribution >= 4 is 18.0 Å². The zero-order chi connectivity index (χ0) is 18.7. The number of amides is 1. The molecule has 1 aromatic rings. The second kappa shape index (κ2) is 7.77. The first-order valence-corrected chi connectivity index (χ1v) is 9.15. The van der Waals surface area contributed by atoms with Crippen LogP contribution in [0, 0.1) is 0 Å². The number of rotatable bonds is 5. The smallest absolute Gasteiger partial charge is 0.340 e. The van der Waals surface area contributed by atoms with Gasteiger partial charge in [-0.25, -0.2) is 4.79 Å². The molecule has 1 saturated carbocycles. The molecule has 2 aliphatic rings. The summed E-state index contributed by atoms with van der Waals surface area (Å²) in [7, 11) is 1.34. The maximum Gasteiger partial charge on any atom is 0.340 e. The molecule has 26 heavy (non-hydrogen) atoms. The number of carbonyl (C=O) groups is 2. The predicted molar refractivity (Wildman–Crippen MR) is 99.4 cm³/mol. The topological polar surface area (TPSA) is 55.8 Å². The maximum absolute atomic E-state index is 13.2. The predicted octanol–water partition coefficient (Wildman–Crippen LogP) is 3.70. The Morgan fingerprint density at radius 2 is 1.96 bits per heavy atom. The Morgan fingerprint density at radius 1 is 1.27 bits per heavy atom. The van der Waals surface area contributed by atoms with Gasteiger partial charge in [0, 0.05) is 17.3 Å². The van der Waals surface area contributed by atoms with Gasteiger partial charge in [0.2, 0.25) is 0 Å². The summed E-state index contributed by atoms with van der Waals surface area (Å²) in [5, 5.41) is 0. The molecule has 0 bridgehead atoms. The number of carbonyl (C=O) groups excluding carboxylic acids is 2. The molecule has 0 atom stereocenters. The number of allylic oxidation sites excluding steroid dienone is 1. The van der Waals surface area contributed by atoms with E-state index >= 15 is 0 Å². The Bertz CT molecular complexity index is 772. The van der Waals surface area contributed by atoms with Gasteiger partial charge in [-0.1, -0.05) is 31.0 Å². The molecule has 1 amide bonds. The number of hydrogen-bond acceptors (Lipinski definition) is 4. The third kappa shape index (κ3) is 3.26. The van der Waals surface area contributed by atoms with E-state index in [0.29, 0.717) is 29.2 Å². The summed E-state index contributed by atoms with van der Waals surface area (Å²) in [5.41, 5.74) is 2.21. The van der Waals surface area contributed by atoms with Gasteiger partial charge in [-0.15, -0.1) is 0 Å². The van der Waals surface area contributed by atoms with Gasteiger partial charge in [0.15, 0.2) is 0 Å². The number of para-hydroxylation sites is 1. The second-order valence-electron chi connectivity index (χ2n) is 6.59. The number of methoxy groups -OCH3 is 1. The SMILES string of the molecule is CCOc1ccccc1C=C1C(=O)N(C2CCCC2)C(C)=C1C(=O)OC. The van der Waals surface area contributed by atoms with Gasteiger partial charge in [-0.2, -0.15) is 0 Å². The normalized spacial score (nSPS) is 19.6. The molecule has 5 nitrogen and oxygen atoms in total. The number of benzene rings is 1. The third-order valence-electron chi connectivity index (χ3n) is 5.04. The van der Waals surface area contributed by atoms with E-state index in [4.69, 9.17) is 9.47 Å². The van der Waals surface area contributed by atoms with Gasteiger partial charge in [-0.05, 0) is 38.8 Å². The molecule has 0 N–H and O–H groups in total. The third-order valence-corrected chi connectivity index (χ3v) is 5.04. The lowest BCUT2D eigenvalue weighted by atomic mass is 10.0. The molecule has 3 rings (SSSR count). The van der Waals surface area contributed by atoms with Gasteiger partial charge < -0.3 is 14.4 Å². The van der Waals surface area contributed by atoms with E-state index in [1.54, 1.807) is 11.0 Å². The first-order chi connectivity index (χ1) is 12.6. The molecule has 1 heterocycles. The summed E-state index contributed by atoms with van der Waals surface area (Å²) in [4.78, 5) is 27.4. The highest BCUT2D eigenvalue weighted by Gasteiger charge is 2.41. The molecule has 0 radical (unpaired) electrons. The molecule has 0 unspecified atom stereocenters. The molecular weight excluding hydrogens is 330 g/mol. The van der Waals surface area contributed by atoms with Crippen LogP contribution in [0.3, 0.4) is 0 Å². The number of nitrogens with zero attached hydrogens (tertiary/aromatic N) is 1. The van der Waals surface area contributed by atoms with Crippen LogP contribution in [0.25, 0.3) is 6.08 Å². The van der Waals surface area contributed by atoms with Gasteiger partial charge in [0.25, 0.3) is 5.91 Å². The van der Waals surface area contributed by atoms with Crippen LogP contribution in [0.5, 0.6) is 5.75 Å². The minimum atomic E-state index is -0.475. The Kier molecular flexibility index (Phi) is 5.45. The quantitative estimate of drug-likeness (QED) is 0.597. The van der Waals surface area contributed by atoms with Crippen molar-refractivity contribution in [3.05, 3.63) is 46.7 Å². The van der Waals surface area contributed by atoms with Gasteiger partial charge in [0.1, 0.15) is 5.75 Å². The van der Waals surface area contributed by atoms with Crippen molar-refractivity contribution in [2.45, 2.75) is 45.6 Å². The van der Waals surface area contributed by atoms with E-state index < -0.39 is 5.97 Å². The van der Waals surface area contributed by atoms with E-state index in [2.05, 4.69) is 0 Å². The van der Waals surface area contributed by atoms with Crippen molar-refractivity contribution in [3.8, 4) is 5.75 Å². The van der Waals surface area contributed by atoms with E-state index in [1.807, 2.05) is 38.1 Å². The van der Waals surface area contributed by atoms with Crippen LogP contribution in [-0.4, -0.2) is 36.5 Å². The number of hydrogen-bond donors (Lipinski definition) is 0. The lowest BCUT2D eigenvalue weighted by Gasteiger charge is -2.25. The van der Waals surface area contributed by atoms with E-state index in [0.717, 1.165) is 31.2 Å². The van der Waals surface area contributed by atoms with E-state index in [9.17, 15) is 9.59 Å². The van der Waals surface area contributed by atoms with Crippen LogP contribution in [0.1, 0.15) is 45.1 Å². The molecular formula is C21H25NO4. The number of ether oxygens (including phenoxy) is 2. The fourth-order valence-electron chi connectivity index (χ4n) is 3.84. The van der Waals surface area contributed by atoms with Crippen LogP contribution < -0.4 is 4.74 Å². The molecule has 0 aromatic heterocycles.